The number of rotatable bonds is 2. The number of nitrogens with zero attached hydrogens (tertiary/aromatic N) is 4. The second kappa shape index (κ2) is 6.12. The monoisotopic (exact) mass is 374 g/mol. The SMILES string of the molecule is CSc1nnc2c(Cl)c(-c3c(F)cccc3Cl)c(Cl)nc2n1. The fourth-order valence-electron chi connectivity index (χ4n) is 1.92. The van der Waals surface area contributed by atoms with Crippen LogP contribution in [0.25, 0.3) is 22.3 Å². The van der Waals surface area contributed by atoms with Gasteiger partial charge >= 0.3 is 0 Å². The van der Waals surface area contributed by atoms with E-state index in [1.807, 2.05) is 0 Å². The van der Waals surface area contributed by atoms with Crippen molar-refractivity contribution < 1.29 is 4.39 Å². The molecule has 22 heavy (non-hydrogen) atoms. The normalized spacial score (nSPS) is 11.1. The van der Waals surface area contributed by atoms with Gasteiger partial charge in [-0.1, -0.05) is 52.6 Å². The molecule has 4 nitrogen and oxygen atoms in total. The standard InChI is InChI=1S/C13H6Cl3FN4S/c1-22-13-19-12-10(20-21-13)9(15)8(11(16)18-12)7-5(14)3-2-4-6(7)17/h2-4H,1H3. The fourth-order valence-corrected chi connectivity index (χ4v) is 3.10. The molecule has 0 bridgehead atoms. The van der Waals surface area contributed by atoms with Crippen molar-refractivity contribution in [3.8, 4) is 11.1 Å². The first-order valence-corrected chi connectivity index (χ1v) is 8.26. The van der Waals surface area contributed by atoms with Crippen LogP contribution in [0.15, 0.2) is 23.4 Å². The maximum Gasteiger partial charge on any atom is 0.210 e. The van der Waals surface area contributed by atoms with Crippen LogP contribution in [0.4, 0.5) is 4.39 Å². The number of pyridine rings is 1. The number of aromatic nitrogens is 4. The summed E-state index contributed by atoms with van der Waals surface area (Å²) in [5.74, 6) is -0.556. The van der Waals surface area contributed by atoms with Crippen LogP contribution in [-0.2, 0) is 0 Å². The highest BCUT2D eigenvalue weighted by molar-refractivity contribution is 7.98. The number of benzene rings is 1. The molecule has 0 fully saturated rings. The van der Waals surface area contributed by atoms with Gasteiger partial charge in [0, 0.05) is 11.1 Å². The Morgan fingerprint density at radius 1 is 1.05 bits per heavy atom. The van der Waals surface area contributed by atoms with Crippen LogP contribution in [0.3, 0.4) is 0 Å². The number of fused-ring (bicyclic) bond motifs is 1. The van der Waals surface area contributed by atoms with Gasteiger partial charge in [0.25, 0.3) is 0 Å². The highest BCUT2D eigenvalue weighted by Crippen LogP contribution is 2.41. The maximum absolute atomic E-state index is 14.1. The molecule has 9 heteroatoms. The van der Waals surface area contributed by atoms with Crippen LogP contribution in [0, 0.1) is 5.82 Å². The second-order valence-electron chi connectivity index (χ2n) is 4.16. The van der Waals surface area contributed by atoms with Crippen molar-refractivity contribution in [2.75, 3.05) is 6.26 Å². The van der Waals surface area contributed by atoms with Crippen molar-refractivity contribution in [1.82, 2.24) is 20.2 Å². The first-order valence-electron chi connectivity index (χ1n) is 5.90. The highest BCUT2D eigenvalue weighted by atomic mass is 35.5. The number of hydrogen-bond donors (Lipinski definition) is 0. The first-order chi connectivity index (χ1) is 10.5. The zero-order valence-electron chi connectivity index (χ0n) is 10.9. The Morgan fingerprint density at radius 3 is 2.50 bits per heavy atom. The molecule has 0 radical (unpaired) electrons. The van der Waals surface area contributed by atoms with Crippen molar-refractivity contribution in [1.29, 1.82) is 0 Å². The Morgan fingerprint density at radius 2 is 1.82 bits per heavy atom. The summed E-state index contributed by atoms with van der Waals surface area (Å²) in [6, 6.07) is 4.29. The summed E-state index contributed by atoms with van der Waals surface area (Å²) >= 11 is 19.9. The lowest BCUT2D eigenvalue weighted by atomic mass is 10.1. The number of halogens is 4. The molecule has 3 rings (SSSR count). The molecule has 0 spiro atoms. The minimum atomic E-state index is -0.556. The van der Waals surface area contributed by atoms with Crippen molar-refractivity contribution in [3.63, 3.8) is 0 Å². The minimum Gasteiger partial charge on any atom is -0.214 e. The predicted octanol–water partition coefficient (Wildman–Crippen LogP) is 4.91. The molecule has 0 unspecified atom stereocenters. The van der Waals surface area contributed by atoms with Crippen LogP contribution >= 0.6 is 46.6 Å². The lowest BCUT2D eigenvalue weighted by Crippen LogP contribution is -1.98. The van der Waals surface area contributed by atoms with E-state index in [4.69, 9.17) is 34.8 Å². The van der Waals surface area contributed by atoms with Crippen molar-refractivity contribution in [2.45, 2.75) is 5.16 Å². The molecule has 0 N–H and O–H groups in total. The highest BCUT2D eigenvalue weighted by Gasteiger charge is 2.21. The smallest absolute Gasteiger partial charge is 0.210 e. The van der Waals surface area contributed by atoms with Gasteiger partial charge in [0.1, 0.15) is 16.5 Å². The van der Waals surface area contributed by atoms with E-state index >= 15 is 0 Å². The summed E-state index contributed by atoms with van der Waals surface area (Å²) in [6.07, 6.45) is 1.81. The third-order valence-electron chi connectivity index (χ3n) is 2.88. The quantitative estimate of drug-likeness (QED) is 0.470. The number of hydrogen-bond acceptors (Lipinski definition) is 5. The Bertz CT molecular complexity index is 871. The van der Waals surface area contributed by atoms with Gasteiger partial charge < -0.3 is 0 Å². The zero-order valence-corrected chi connectivity index (χ0v) is 14.0. The van der Waals surface area contributed by atoms with E-state index in [1.165, 1.54) is 30.0 Å². The Labute approximate surface area is 144 Å². The molecular formula is C13H6Cl3FN4S. The number of thioether (sulfide) groups is 1. The van der Waals surface area contributed by atoms with E-state index in [-0.39, 0.29) is 37.5 Å². The van der Waals surface area contributed by atoms with Crippen molar-refractivity contribution in [3.05, 3.63) is 39.2 Å². The Hall–Kier alpha value is -1.21. The third kappa shape index (κ3) is 2.60. The van der Waals surface area contributed by atoms with Crippen LogP contribution < -0.4 is 0 Å². The molecule has 3 aromatic rings. The molecule has 0 aliphatic rings. The molecule has 112 valence electrons. The van der Waals surface area contributed by atoms with Gasteiger partial charge in [0.15, 0.2) is 5.65 Å². The molecule has 1 aromatic carbocycles. The van der Waals surface area contributed by atoms with Gasteiger partial charge in [0.2, 0.25) is 5.16 Å². The largest absolute Gasteiger partial charge is 0.214 e. The molecule has 2 heterocycles. The molecule has 0 aliphatic heterocycles. The van der Waals surface area contributed by atoms with Crippen LogP contribution in [-0.4, -0.2) is 26.4 Å². The van der Waals surface area contributed by atoms with Gasteiger partial charge in [-0.05, 0) is 18.4 Å². The van der Waals surface area contributed by atoms with E-state index in [2.05, 4.69) is 20.2 Å². The topological polar surface area (TPSA) is 51.6 Å². The van der Waals surface area contributed by atoms with Crippen molar-refractivity contribution >= 4 is 57.7 Å². The van der Waals surface area contributed by atoms with E-state index in [1.54, 1.807) is 6.26 Å². The summed E-state index contributed by atoms with van der Waals surface area (Å²) < 4.78 is 14.1. The minimum absolute atomic E-state index is 0.00273. The Kier molecular flexibility index (Phi) is 4.36. The first kappa shape index (κ1) is 15.7. The summed E-state index contributed by atoms with van der Waals surface area (Å²) in [4.78, 5) is 8.31. The average molecular weight is 376 g/mol. The molecule has 0 amide bonds. The zero-order chi connectivity index (χ0) is 15.9. The second-order valence-corrected chi connectivity index (χ2v) is 6.08. The summed E-state index contributed by atoms with van der Waals surface area (Å²) in [5, 5.41) is 8.60. The van der Waals surface area contributed by atoms with Crippen LogP contribution in [0.5, 0.6) is 0 Å². The molecule has 0 saturated heterocycles. The van der Waals surface area contributed by atoms with Gasteiger partial charge in [-0.2, -0.15) is 4.98 Å². The summed E-state index contributed by atoms with van der Waals surface area (Å²) in [5.41, 5.74) is 0.722. The van der Waals surface area contributed by atoms with E-state index < -0.39 is 5.82 Å². The molecular weight excluding hydrogens is 370 g/mol. The maximum atomic E-state index is 14.1. The summed E-state index contributed by atoms with van der Waals surface area (Å²) in [6.45, 7) is 0. The molecule has 0 saturated carbocycles. The van der Waals surface area contributed by atoms with Crippen molar-refractivity contribution in [2.24, 2.45) is 0 Å². The Balaban J connectivity index is 2.36. The molecule has 2 aromatic heterocycles. The van der Waals surface area contributed by atoms with E-state index in [0.29, 0.717) is 5.16 Å². The van der Waals surface area contributed by atoms with E-state index in [9.17, 15) is 4.39 Å². The van der Waals surface area contributed by atoms with Crippen LogP contribution in [0.2, 0.25) is 15.2 Å². The molecule has 0 aliphatic carbocycles. The van der Waals surface area contributed by atoms with Crippen LogP contribution in [0.1, 0.15) is 0 Å². The average Bonchev–Trinajstić information content (AvgIpc) is 2.49. The molecule has 0 atom stereocenters. The predicted molar refractivity (Wildman–Crippen MR) is 87.3 cm³/mol. The third-order valence-corrected chi connectivity index (χ3v) is 4.38. The van der Waals surface area contributed by atoms with Gasteiger partial charge in [-0.25, -0.2) is 9.37 Å². The summed E-state index contributed by atoms with van der Waals surface area (Å²) in [7, 11) is 0. The van der Waals surface area contributed by atoms with Gasteiger partial charge in [-0.3, -0.25) is 0 Å². The lowest BCUT2D eigenvalue weighted by molar-refractivity contribution is 0.631. The lowest BCUT2D eigenvalue weighted by Gasteiger charge is -2.11. The van der Waals surface area contributed by atoms with E-state index in [0.717, 1.165) is 0 Å². The fraction of sp³-hybridized carbons (Fsp3) is 0.0769. The van der Waals surface area contributed by atoms with Gasteiger partial charge in [0.05, 0.1) is 10.0 Å². The van der Waals surface area contributed by atoms with Gasteiger partial charge in [-0.15, -0.1) is 10.2 Å².